The van der Waals surface area contributed by atoms with Gasteiger partial charge < -0.3 is 9.47 Å². The van der Waals surface area contributed by atoms with E-state index in [1.54, 1.807) is 24.3 Å². The first kappa shape index (κ1) is 36.1. The average molecular weight is 561 g/mol. The molecule has 0 bridgehead atoms. The molecule has 0 unspecified atom stereocenters. The number of rotatable bonds is 26. The predicted octanol–water partition coefficient (Wildman–Crippen LogP) is 8.84. The topological polar surface area (TPSA) is 59.1 Å². The van der Waals surface area contributed by atoms with Crippen molar-refractivity contribution in [1.29, 1.82) is 0 Å². The zero-order valence-corrected chi connectivity index (χ0v) is 26.4. The Hall–Kier alpha value is -1.92. The number of nitrogens with zero attached hydrogens (tertiary/aromatic N) is 2. The molecule has 1 aromatic carbocycles. The Balaban J connectivity index is 2.34. The lowest BCUT2D eigenvalue weighted by Crippen LogP contribution is -2.29. The molecule has 0 spiro atoms. The summed E-state index contributed by atoms with van der Waals surface area (Å²) in [5.74, 6) is -0.817. The first-order chi connectivity index (χ1) is 19.5. The summed E-state index contributed by atoms with van der Waals surface area (Å²) in [6, 6.07) is 6.67. The molecule has 1 aromatic rings. The van der Waals surface area contributed by atoms with E-state index in [4.69, 9.17) is 9.47 Å². The van der Waals surface area contributed by atoms with E-state index in [9.17, 15) is 9.59 Å². The summed E-state index contributed by atoms with van der Waals surface area (Å²) in [5.41, 5.74) is 0.757. The van der Waals surface area contributed by atoms with Crippen molar-refractivity contribution in [1.82, 2.24) is 9.80 Å². The average Bonchev–Trinajstić information content (AvgIpc) is 2.98. The zero-order valence-electron chi connectivity index (χ0n) is 26.4. The third-order valence-electron chi connectivity index (χ3n) is 7.64. The van der Waals surface area contributed by atoms with Crippen molar-refractivity contribution >= 4 is 11.9 Å². The molecule has 1 rings (SSSR count). The Morgan fingerprint density at radius 2 is 0.900 bits per heavy atom. The molecule has 0 saturated heterocycles. The number of ether oxygens (including phenoxy) is 2. The summed E-state index contributed by atoms with van der Waals surface area (Å²) in [6.45, 7) is 12.7. The molecule has 0 aliphatic rings. The van der Waals surface area contributed by atoms with E-state index in [-0.39, 0.29) is 13.5 Å². The first-order valence-corrected chi connectivity index (χ1v) is 16.4. The lowest BCUT2D eigenvalue weighted by molar-refractivity contribution is 0.0222. The fraction of sp³-hybridized carbons (Fsp3) is 0.765. The Morgan fingerprint density at radius 1 is 0.550 bits per heavy atom. The van der Waals surface area contributed by atoms with Crippen molar-refractivity contribution < 1.29 is 19.1 Å². The third-order valence-corrected chi connectivity index (χ3v) is 7.64. The second-order valence-corrected chi connectivity index (χ2v) is 11.1. The van der Waals surface area contributed by atoms with Crippen LogP contribution in [0, 0.1) is 0 Å². The summed E-state index contributed by atoms with van der Waals surface area (Å²) in [5, 5.41) is 0. The molecule has 40 heavy (non-hydrogen) atoms. The van der Waals surface area contributed by atoms with Gasteiger partial charge in [0.1, 0.15) is 13.5 Å². The molecule has 0 aliphatic carbocycles. The summed E-state index contributed by atoms with van der Waals surface area (Å²) in [4.78, 5) is 29.7. The van der Waals surface area contributed by atoms with Crippen molar-refractivity contribution in [3.63, 3.8) is 0 Å². The maximum atomic E-state index is 12.7. The lowest BCUT2D eigenvalue weighted by Gasteiger charge is -2.20. The van der Waals surface area contributed by atoms with E-state index in [2.05, 4.69) is 37.5 Å². The van der Waals surface area contributed by atoms with Crippen LogP contribution in [0.5, 0.6) is 0 Å². The molecular weight excluding hydrogens is 500 g/mol. The van der Waals surface area contributed by atoms with Crippen molar-refractivity contribution in [3.05, 3.63) is 35.4 Å². The summed E-state index contributed by atoms with van der Waals surface area (Å²) >= 11 is 0. The molecule has 0 aromatic heterocycles. The minimum Gasteiger partial charge on any atom is -0.446 e. The highest BCUT2D eigenvalue weighted by atomic mass is 16.5. The van der Waals surface area contributed by atoms with Gasteiger partial charge in [0.05, 0.1) is 11.1 Å². The maximum Gasteiger partial charge on any atom is 0.339 e. The van der Waals surface area contributed by atoms with Gasteiger partial charge in [-0.15, -0.1) is 0 Å². The fourth-order valence-electron chi connectivity index (χ4n) is 4.81. The number of esters is 2. The molecule has 0 atom stereocenters. The van der Waals surface area contributed by atoms with Gasteiger partial charge in [0.25, 0.3) is 0 Å². The Bertz CT molecular complexity index is 711. The van der Waals surface area contributed by atoms with Crippen LogP contribution in [-0.2, 0) is 9.47 Å². The number of carbonyl (C=O) groups excluding carboxylic acids is 2. The summed E-state index contributed by atoms with van der Waals surface area (Å²) in [6.07, 6.45) is 20.5. The molecule has 0 heterocycles. The van der Waals surface area contributed by atoms with E-state index >= 15 is 0 Å². The van der Waals surface area contributed by atoms with Crippen LogP contribution in [0.15, 0.2) is 24.3 Å². The second kappa shape index (κ2) is 24.8. The van der Waals surface area contributed by atoms with Crippen LogP contribution < -0.4 is 0 Å². The highest BCUT2D eigenvalue weighted by Gasteiger charge is 2.15. The number of benzene rings is 1. The highest BCUT2D eigenvalue weighted by Crippen LogP contribution is 2.12. The molecule has 0 radical (unpaired) electrons. The molecular formula is C34H60N2O4. The van der Waals surface area contributed by atoms with Crippen LogP contribution in [0.2, 0.25) is 0 Å². The summed E-state index contributed by atoms with van der Waals surface area (Å²) in [7, 11) is 0. The van der Waals surface area contributed by atoms with E-state index in [0.29, 0.717) is 11.1 Å². The molecule has 230 valence electrons. The van der Waals surface area contributed by atoms with Crippen LogP contribution in [0.25, 0.3) is 0 Å². The van der Waals surface area contributed by atoms with Gasteiger partial charge in [0.2, 0.25) is 0 Å². The Morgan fingerprint density at radius 3 is 1.25 bits per heavy atom. The van der Waals surface area contributed by atoms with Gasteiger partial charge in [-0.25, -0.2) is 9.59 Å². The summed E-state index contributed by atoms with van der Waals surface area (Å²) < 4.78 is 11.1. The molecule has 0 amide bonds. The minimum absolute atomic E-state index is 0.269. The van der Waals surface area contributed by atoms with E-state index in [1.165, 1.54) is 89.9 Å². The van der Waals surface area contributed by atoms with Crippen molar-refractivity contribution in [3.8, 4) is 0 Å². The van der Waals surface area contributed by atoms with E-state index in [0.717, 1.165) is 39.0 Å². The predicted molar refractivity (Wildman–Crippen MR) is 167 cm³/mol. The zero-order chi connectivity index (χ0) is 29.3. The molecule has 0 saturated carbocycles. The molecule has 0 N–H and O–H groups in total. The SMILES string of the molecule is CCCCCCCCCCN(CC)COC(=O)c1cccc(C(=O)OCN(CC)CCCCCCCCCC)c1. The van der Waals surface area contributed by atoms with Crippen LogP contribution in [0.3, 0.4) is 0 Å². The highest BCUT2D eigenvalue weighted by molar-refractivity contribution is 5.95. The smallest absolute Gasteiger partial charge is 0.339 e. The van der Waals surface area contributed by atoms with Gasteiger partial charge >= 0.3 is 11.9 Å². The van der Waals surface area contributed by atoms with Crippen molar-refractivity contribution in [2.75, 3.05) is 39.6 Å². The molecule has 6 nitrogen and oxygen atoms in total. The largest absolute Gasteiger partial charge is 0.446 e. The fourth-order valence-corrected chi connectivity index (χ4v) is 4.81. The normalized spacial score (nSPS) is 11.3. The van der Waals surface area contributed by atoms with Gasteiger partial charge in [-0.3, -0.25) is 9.80 Å². The number of hydrogen-bond donors (Lipinski definition) is 0. The van der Waals surface area contributed by atoms with Crippen LogP contribution >= 0.6 is 0 Å². The lowest BCUT2D eigenvalue weighted by atomic mass is 10.1. The van der Waals surface area contributed by atoms with E-state index < -0.39 is 11.9 Å². The van der Waals surface area contributed by atoms with Crippen LogP contribution in [0.4, 0.5) is 0 Å². The molecule has 6 heteroatoms. The molecule has 0 fully saturated rings. The minimum atomic E-state index is -0.408. The van der Waals surface area contributed by atoms with Gasteiger partial charge in [-0.2, -0.15) is 0 Å². The van der Waals surface area contributed by atoms with Crippen molar-refractivity contribution in [2.45, 2.75) is 130 Å². The number of carbonyl (C=O) groups is 2. The third kappa shape index (κ3) is 17.7. The Kier molecular flexibility index (Phi) is 22.4. The molecule has 0 aliphatic heterocycles. The first-order valence-electron chi connectivity index (χ1n) is 16.4. The Labute approximate surface area is 246 Å². The van der Waals surface area contributed by atoms with Crippen LogP contribution in [-0.4, -0.2) is 61.4 Å². The maximum absolute atomic E-state index is 12.7. The van der Waals surface area contributed by atoms with Gasteiger partial charge in [-0.05, 0) is 44.1 Å². The van der Waals surface area contributed by atoms with Gasteiger partial charge in [0.15, 0.2) is 0 Å². The standard InChI is InChI=1S/C34H60N2O4/c1-5-9-11-13-15-17-19-21-26-35(7-3)29-39-33(37)31-24-23-25-32(28-31)34(38)40-30-36(8-4)27-22-20-18-16-14-12-10-6-2/h23-25,28H,5-22,26-27,29-30H2,1-4H3. The van der Waals surface area contributed by atoms with Gasteiger partial charge in [-0.1, -0.05) is 124 Å². The van der Waals surface area contributed by atoms with Crippen molar-refractivity contribution in [2.24, 2.45) is 0 Å². The number of hydrogen-bond acceptors (Lipinski definition) is 6. The second-order valence-electron chi connectivity index (χ2n) is 11.1. The van der Waals surface area contributed by atoms with Crippen LogP contribution in [0.1, 0.15) is 151 Å². The quantitative estimate of drug-likeness (QED) is 0.0641. The number of unbranched alkanes of at least 4 members (excludes halogenated alkanes) is 14. The van der Waals surface area contributed by atoms with E-state index in [1.807, 2.05) is 0 Å². The van der Waals surface area contributed by atoms with Gasteiger partial charge in [0, 0.05) is 13.1 Å². The monoisotopic (exact) mass is 560 g/mol.